The number of para-hydroxylation sites is 2. The summed E-state index contributed by atoms with van der Waals surface area (Å²) in [4.78, 5) is 41.4. The molecule has 0 saturated carbocycles. The Morgan fingerprint density at radius 3 is 2.33 bits per heavy atom. The number of carbonyl (C=O) groups excluding carboxylic acids is 1. The van der Waals surface area contributed by atoms with E-state index in [2.05, 4.69) is 4.98 Å². The summed E-state index contributed by atoms with van der Waals surface area (Å²) in [5, 5.41) is 10.6. The number of rotatable bonds is 5. The van der Waals surface area contributed by atoms with Crippen LogP contribution in [-0.2, 0) is 16.0 Å². The van der Waals surface area contributed by atoms with Crippen molar-refractivity contribution in [3.63, 3.8) is 0 Å². The summed E-state index contributed by atoms with van der Waals surface area (Å²) in [5.41, 5.74) is 0.305. The average molecular weight is 496 g/mol. The van der Waals surface area contributed by atoms with Crippen molar-refractivity contribution in [2.45, 2.75) is 43.9 Å². The summed E-state index contributed by atoms with van der Waals surface area (Å²) >= 11 is 0. The van der Waals surface area contributed by atoms with E-state index in [9.17, 15) is 19.5 Å². The highest BCUT2D eigenvalue weighted by Crippen LogP contribution is 2.44. The molecule has 9 nitrogen and oxygen atoms in total. The number of aliphatic hydroxyl groups is 1. The number of H-pyrrole nitrogens is 1. The van der Waals surface area contributed by atoms with E-state index in [1.165, 1.54) is 11.1 Å². The van der Waals surface area contributed by atoms with Crippen LogP contribution in [0.1, 0.15) is 35.8 Å². The number of hydrogen-bond acceptors (Lipinski definition) is 6. The van der Waals surface area contributed by atoms with Crippen molar-refractivity contribution in [1.29, 1.82) is 0 Å². The molecule has 1 amide bonds. The molecule has 0 spiro atoms. The van der Waals surface area contributed by atoms with Crippen LogP contribution in [0.5, 0.6) is 11.5 Å². The lowest BCUT2D eigenvalue weighted by molar-refractivity contribution is -0.133. The number of aliphatic hydroxyl groups excluding tert-OH is 1. The lowest BCUT2D eigenvalue weighted by Gasteiger charge is -2.31. The van der Waals surface area contributed by atoms with E-state index >= 15 is 4.39 Å². The summed E-state index contributed by atoms with van der Waals surface area (Å²) < 4.78 is 27.7. The molecule has 4 atom stereocenters. The number of aryl methyl sites for hydroxylation is 1. The Hall–Kier alpha value is -3.76. The molecule has 0 radical (unpaired) electrons. The van der Waals surface area contributed by atoms with Crippen LogP contribution in [0.2, 0.25) is 0 Å². The Kier molecular flexibility index (Phi) is 6.23. The third-order valence-electron chi connectivity index (χ3n) is 6.75. The van der Waals surface area contributed by atoms with Gasteiger partial charge in [0.05, 0.1) is 5.92 Å². The van der Waals surface area contributed by atoms with Gasteiger partial charge in [-0.05, 0) is 18.6 Å². The van der Waals surface area contributed by atoms with Crippen molar-refractivity contribution in [3.8, 4) is 11.5 Å². The first-order chi connectivity index (χ1) is 17.3. The van der Waals surface area contributed by atoms with Gasteiger partial charge in [-0.1, -0.05) is 43.3 Å². The van der Waals surface area contributed by atoms with E-state index in [1.54, 1.807) is 26.1 Å². The Bertz CT molecular complexity index is 1370. The molecule has 2 aliphatic heterocycles. The number of nitrogens with zero attached hydrogens (tertiary/aromatic N) is 2. The molecule has 2 aromatic carbocycles. The van der Waals surface area contributed by atoms with Gasteiger partial charge in [-0.15, -0.1) is 0 Å². The number of hydrogen-bond donors (Lipinski definition) is 2. The smallest absolute Gasteiger partial charge is 0.330 e. The van der Waals surface area contributed by atoms with Gasteiger partial charge in [-0.2, -0.15) is 0 Å². The van der Waals surface area contributed by atoms with Crippen molar-refractivity contribution in [2.75, 3.05) is 13.6 Å². The van der Waals surface area contributed by atoms with Crippen LogP contribution in [0.25, 0.3) is 0 Å². The third-order valence-corrected chi connectivity index (χ3v) is 6.75. The number of halogens is 1. The van der Waals surface area contributed by atoms with Crippen molar-refractivity contribution in [2.24, 2.45) is 0 Å². The predicted octanol–water partition coefficient (Wildman–Crippen LogP) is 2.09. The summed E-state index contributed by atoms with van der Waals surface area (Å²) in [6, 6.07) is 14.5. The first-order valence-electron chi connectivity index (χ1n) is 11.7. The molecule has 0 bridgehead atoms. The van der Waals surface area contributed by atoms with Crippen LogP contribution < -0.4 is 16.0 Å². The number of amides is 1. The zero-order valence-electron chi connectivity index (χ0n) is 19.8. The minimum Gasteiger partial charge on any atom is -0.457 e. The fourth-order valence-electron chi connectivity index (χ4n) is 4.80. The van der Waals surface area contributed by atoms with Crippen molar-refractivity contribution < 1.29 is 23.8 Å². The summed E-state index contributed by atoms with van der Waals surface area (Å²) in [7, 11) is 1.56. The van der Waals surface area contributed by atoms with Gasteiger partial charge >= 0.3 is 5.69 Å². The number of aromatic amines is 1. The quantitative estimate of drug-likeness (QED) is 0.561. The Labute approximate surface area is 205 Å². The molecule has 0 unspecified atom stereocenters. The molecule has 1 saturated heterocycles. The molecule has 3 aromatic rings. The fourth-order valence-corrected chi connectivity index (χ4v) is 4.80. The van der Waals surface area contributed by atoms with Crippen LogP contribution >= 0.6 is 0 Å². The minimum atomic E-state index is -1.93. The van der Waals surface area contributed by atoms with Crippen molar-refractivity contribution >= 4 is 5.91 Å². The van der Waals surface area contributed by atoms with Gasteiger partial charge in [-0.3, -0.25) is 19.1 Å². The molecule has 2 N–H and O–H groups in total. The second-order valence-electron chi connectivity index (χ2n) is 9.00. The number of likely N-dealkylation sites (N-methyl/N-ethyl adjacent to an activating group) is 1. The number of benzene rings is 2. The van der Waals surface area contributed by atoms with Crippen LogP contribution in [0, 0.1) is 0 Å². The summed E-state index contributed by atoms with van der Waals surface area (Å²) in [6.07, 6.45) is -4.46. The monoisotopic (exact) mass is 495 g/mol. The second kappa shape index (κ2) is 9.36. The number of alkyl halides is 1. The van der Waals surface area contributed by atoms with Crippen LogP contribution in [0.4, 0.5) is 4.39 Å². The van der Waals surface area contributed by atoms with E-state index in [-0.39, 0.29) is 18.0 Å². The second-order valence-corrected chi connectivity index (χ2v) is 9.00. The van der Waals surface area contributed by atoms with Gasteiger partial charge in [0.2, 0.25) is 5.91 Å². The molecule has 36 heavy (non-hydrogen) atoms. The highest BCUT2D eigenvalue weighted by Gasteiger charge is 2.47. The SMILES string of the molecule is CCc1cn([C@@H]2O[C@H](CN(C)C(=O)C3c4ccccc4Oc4ccccc43)[C@@H](O)[C@@H]2F)c(=O)[nH]c1=O. The van der Waals surface area contributed by atoms with Gasteiger partial charge in [-0.25, -0.2) is 9.18 Å². The van der Waals surface area contributed by atoms with E-state index < -0.39 is 41.8 Å². The Balaban J connectivity index is 1.39. The molecule has 5 rings (SSSR count). The van der Waals surface area contributed by atoms with Gasteiger partial charge in [0.1, 0.15) is 23.7 Å². The number of nitrogens with one attached hydrogen (secondary N) is 1. The molecule has 1 aromatic heterocycles. The van der Waals surface area contributed by atoms with Gasteiger partial charge < -0.3 is 19.5 Å². The third kappa shape index (κ3) is 4.02. The van der Waals surface area contributed by atoms with E-state index in [0.29, 0.717) is 29.0 Å². The number of fused-ring (bicyclic) bond motifs is 2. The minimum absolute atomic E-state index is 0.114. The topological polar surface area (TPSA) is 114 Å². The van der Waals surface area contributed by atoms with Crippen LogP contribution in [0.15, 0.2) is 64.3 Å². The van der Waals surface area contributed by atoms with E-state index in [1.807, 2.05) is 36.4 Å². The highest BCUT2D eigenvalue weighted by molar-refractivity contribution is 5.89. The predicted molar refractivity (Wildman–Crippen MR) is 128 cm³/mol. The highest BCUT2D eigenvalue weighted by atomic mass is 19.1. The number of ether oxygens (including phenoxy) is 2. The molecular weight excluding hydrogens is 469 g/mol. The van der Waals surface area contributed by atoms with Gasteiger partial charge in [0.25, 0.3) is 5.56 Å². The largest absolute Gasteiger partial charge is 0.457 e. The summed E-state index contributed by atoms with van der Waals surface area (Å²) in [5.74, 6) is 0.226. The van der Waals surface area contributed by atoms with Gasteiger partial charge in [0, 0.05) is 36.5 Å². The molecule has 3 heterocycles. The van der Waals surface area contributed by atoms with E-state index in [4.69, 9.17) is 9.47 Å². The lowest BCUT2D eigenvalue weighted by Crippen LogP contribution is -2.42. The van der Waals surface area contributed by atoms with Gasteiger partial charge in [0.15, 0.2) is 12.4 Å². The molecule has 1 fully saturated rings. The maximum absolute atomic E-state index is 15.1. The molecule has 2 aliphatic rings. The standard InChI is InChI=1S/C26H26FN3O6/c1-3-14-12-30(26(34)28-23(14)32)25-21(27)22(31)19(36-25)13-29(2)24(33)20-15-8-4-6-10-17(15)35-18-11-7-5-9-16(18)20/h4-12,19-22,25,31H,3,13H2,1-2H3,(H,28,32,34)/t19-,21+,22-,25-/m1/s1. The maximum atomic E-state index is 15.1. The van der Waals surface area contributed by atoms with Crippen LogP contribution in [-0.4, -0.2) is 57.4 Å². The molecule has 0 aliphatic carbocycles. The van der Waals surface area contributed by atoms with Crippen molar-refractivity contribution in [1.82, 2.24) is 14.5 Å². The molecule has 188 valence electrons. The zero-order chi connectivity index (χ0) is 25.6. The fraction of sp³-hybridized carbons (Fsp3) is 0.346. The zero-order valence-corrected chi connectivity index (χ0v) is 19.8. The maximum Gasteiger partial charge on any atom is 0.330 e. The number of carbonyl (C=O) groups is 1. The average Bonchev–Trinajstić information content (AvgIpc) is 3.15. The Morgan fingerprint density at radius 2 is 1.72 bits per heavy atom. The summed E-state index contributed by atoms with van der Waals surface area (Å²) in [6.45, 7) is 1.62. The first-order valence-corrected chi connectivity index (χ1v) is 11.7. The lowest BCUT2D eigenvalue weighted by atomic mass is 9.87. The molecular formula is C26H26FN3O6. The number of aromatic nitrogens is 2. The molecule has 10 heteroatoms. The Morgan fingerprint density at radius 1 is 1.11 bits per heavy atom. The van der Waals surface area contributed by atoms with Crippen molar-refractivity contribution in [3.05, 3.63) is 92.3 Å². The first kappa shape index (κ1) is 24.0. The van der Waals surface area contributed by atoms with E-state index in [0.717, 1.165) is 4.57 Å². The normalized spacial score (nSPS) is 23.0. The van der Waals surface area contributed by atoms with Crippen LogP contribution in [0.3, 0.4) is 0 Å².